The number of hydrogen-bond acceptors (Lipinski definition) is 8. The number of benzene rings is 2. The molecular weight excluding hydrogens is 404 g/mol. The predicted octanol–water partition coefficient (Wildman–Crippen LogP) is 3.31. The Morgan fingerprint density at radius 3 is 2.67 bits per heavy atom. The van der Waals surface area contributed by atoms with E-state index in [0.717, 1.165) is 37.7 Å². The van der Waals surface area contributed by atoms with Gasteiger partial charge in [0.2, 0.25) is 5.91 Å². The van der Waals surface area contributed by atoms with Crippen LogP contribution in [0.3, 0.4) is 0 Å². The number of aromatic nitrogens is 2. The summed E-state index contributed by atoms with van der Waals surface area (Å²) >= 11 is 1.19. The number of nitrogens with zero attached hydrogens (tertiary/aromatic N) is 3. The van der Waals surface area contributed by atoms with Gasteiger partial charge in [-0.15, -0.1) is 10.2 Å². The highest BCUT2D eigenvalue weighted by atomic mass is 32.2. The lowest BCUT2D eigenvalue weighted by Gasteiger charge is -2.28. The fraction of sp³-hybridized carbons (Fsp3) is 0.286. The van der Waals surface area contributed by atoms with Crippen molar-refractivity contribution in [3.63, 3.8) is 0 Å². The van der Waals surface area contributed by atoms with Gasteiger partial charge in [-0.2, -0.15) is 0 Å². The average Bonchev–Trinajstić information content (AvgIpc) is 3.28. The Morgan fingerprint density at radius 2 is 1.90 bits per heavy atom. The van der Waals surface area contributed by atoms with Gasteiger partial charge in [0.15, 0.2) is 0 Å². The van der Waals surface area contributed by atoms with Crippen LogP contribution in [-0.2, 0) is 9.53 Å². The van der Waals surface area contributed by atoms with Crippen LogP contribution in [0.15, 0.2) is 58.2 Å². The number of para-hydroxylation sites is 1. The number of nitrogens with one attached hydrogen (secondary N) is 1. The van der Waals surface area contributed by atoms with Gasteiger partial charge in [0.25, 0.3) is 11.1 Å². The van der Waals surface area contributed by atoms with Crippen molar-refractivity contribution in [2.24, 2.45) is 0 Å². The second-order valence-electron chi connectivity index (χ2n) is 6.56. The molecule has 0 spiro atoms. The zero-order chi connectivity index (χ0) is 20.8. The number of hydrogen-bond donors (Lipinski definition) is 1. The lowest BCUT2D eigenvalue weighted by atomic mass is 10.2. The maximum absolute atomic E-state index is 12.3. The zero-order valence-corrected chi connectivity index (χ0v) is 17.4. The van der Waals surface area contributed by atoms with Gasteiger partial charge in [-0.3, -0.25) is 4.79 Å². The van der Waals surface area contributed by atoms with Crippen molar-refractivity contribution >= 4 is 29.0 Å². The van der Waals surface area contributed by atoms with E-state index >= 15 is 0 Å². The molecule has 4 rings (SSSR count). The van der Waals surface area contributed by atoms with E-state index in [4.69, 9.17) is 13.9 Å². The van der Waals surface area contributed by atoms with Crippen molar-refractivity contribution in [2.75, 3.05) is 49.4 Å². The summed E-state index contributed by atoms with van der Waals surface area (Å²) in [6.45, 7) is 3.24. The van der Waals surface area contributed by atoms with Crippen LogP contribution in [0.1, 0.15) is 0 Å². The number of amides is 1. The number of carbonyl (C=O) groups is 1. The molecule has 0 bridgehead atoms. The van der Waals surface area contributed by atoms with Crippen molar-refractivity contribution in [3.05, 3.63) is 48.5 Å². The SMILES string of the molecule is COc1ccccc1-c1nnc(SCC(=O)Nc2ccc(N3CCOCC3)cc2)o1. The highest BCUT2D eigenvalue weighted by molar-refractivity contribution is 7.99. The number of ether oxygens (including phenoxy) is 2. The molecule has 3 aromatic rings. The molecule has 30 heavy (non-hydrogen) atoms. The molecule has 1 aliphatic heterocycles. The zero-order valence-electron chi connectivity index (χ0n) is 16.5. The first-order valence-corrected chi connectivity index (χ1v) is 10.5. The molecule has 1 amide bonds. The summed E-state index contributed by atoms with van der Waals surface area (Å²) in [5.41, 5.74) is 2.59. The molecule has 2 heterocycles. The topological polar surface area (TPSA) is 89.7 Å². The number of carbonyl (C=O) groups excluding carboxylic acids is 1. The third-order valence-electron chi connectivity index (χ3n) is 4.60. The predicted molar refractivity (Wildman–Crippen MR) is 115 cm³/mol. The van der Waals surface area contributed by atoms with Crippen LogP contribution in [0, 0.1) is 0 Å². The minimum absolute atomic E-state index is 0.142. The molecule has 0 atom stereocenters. The largest absolute Gasteiger partial charge is 0.496 e. The number of methoxy groups -OCH3 is 1. The van der Waals surface area contributed by atoms with Crippen LogP contribution in [0.2, 0.25) is 0 Å². The Kier molecular flexibility index (Phi) is 6.50. The fourth-order valence-electron chi connectivity index (χ4n) is 3.10. The number of anilines is 2. The van der Waals surface area contributed by atoms with E-state index in [1.54, 1.807) is 7.11 Å². The van der Waals surface area contributed by atoms with Crippen molar-refractivity contribution in [2.45, 2.75) is 5.22 Å². The standard InChI is InChI=1S/C21H22N4O4S/c1-27-18-5-3-2-4-17(18)20-23-24-21(29-20)30-14-19(26)22-15-6-8-16(9-7-15)25-10-12-28-13-11-25/h2-9H,10-14H2,1H3,(H,22,26). The minimum Gasteiger partial charge on any atom is -0.496 e. The summed E-state index contributed by atoms with van der Waals surface area (Å²) in [4.78, 5) is 14.5. The van der Waals surface area contributed by atoms with Gasteiger partial charge in [-0.05, 0) is 36.4 Å². The van der Waals surface area contributed by atoms with Crippen molar-refractivity contribution in [1.29, 1.82) is 0 Å². The van der Waals surface area contributed by atoms with Gasteiger partial charge in [-0.25, -0.2) is 0 Å². The number of thioether (sulfide) groups is 1. The van der Waals surface area contributed by atoms with Crippen LogP contribution < -0.4 is 15.0 Å². The van der Waals surface area contributed by atoms with Crippen molar-refractivity contribution in [3.8, 4) is 17.2 Å². The lowest BCUT2D eigenvalue weighted by Crippen LogP contribution is -2.36. The van der Waals surface area contributed by atoms with E-state index in [9.17, 15) is 4.79 Å². The van der Waals surface area contributed by atoms with E-state index in [-0.39, 0.29) is 11.7 Å². The summed E-state index contributed by atoms with van der Waals surface area (Å²) in [6.07, 6.45) is 0. The highest BCUT2D eigenvalue weighted by Crippen LogP contribution is 2.30. The maximum atomic E-state index is 12.3. The molecule has 8 nitrogen and oxygen atoms in total. The molecule has 0 unspecified atom stereocenters. The fourth-order valence-corrected chi connectivity index (χ4v) is 3.66. The smallest absolute Gasteiger partial charge is 0.277 e. The first kappa shape index (κ1) is 20.2. The number of rotatable bonds is 7. The molecule has 0 aliphatic carbocycles. The van der Waals surface area contributed by atoms with Gasteiger partial charge >= 0.3 is 0 Å². The molecule has 1 aromatic heterocycles. The molecule has 0 saturated carbocycles. The van der Waals surface area contributed by atoms with Gasteiger partial charge in [0, 0.05) is 24.5 Å². The normalized spacial score (nSPS) is 13.8. The average molecular weight is 426 g/mol. The molecule has 1 fully saturated rings. The summed E-state index contributed by atoms with van der Waals surface area (Å²) in [5, 5.41) is 11.3. The highest BCUT2D eigenvalue weighted by Gasteiger charge is 2.15. The number of morpholine rings is 1. The van der Waals surface area contributed by atoms with Gasteiger partial charge in [-0.1, -0.05) is 23.9 Å². The summed E-state index contributed by atoms with van der Waals surface area (Å²) in [5.74, 6) is 1.03. The molecule has 2 aromatic carbocycles. The van der Waals surface area contributed by atoms with Crippen molar-refractivity contribution < 1.29 is 18.7 Å². The second kappa shape index (κ2) is 9.64. The quantitative estimate of drug-likeness (QED) is 0.576. The molecule has 0 radical (unpaired) electrons. The molecule has 1 saturated heterocycles. The van der Waals surface area contributed by atoms with Crippen LogP contribution in [0.25, 0.3) is 11.5 Å². The van der Waals surface area contributed by atoms with E-state index in [2.05, 4.69) is 20.4 Å². The second-order valence-corrected chi connectivity index (χ2v) is 7.48. The summed E-state index contributed by atoms with van der Waals surface area (Å²) in [7, 11) is 1.59. The first-order valence-electron chi connectivity index (χ1n) is 9.55. The summed E-state index contributed by atoms with van der Waals surface area (Å²) < 4.78 is 16.3. The maximum Gasteiger partial charge on any atom is 0.277 e. The Hall–Kier alpha value is -3.04. The Balaban J connectivity index is 1.30. The first-order chi connectivity index (χ1) is 14.7. The van der Waals surface area contributed by atoms with Crippen LogP contribution in [0.5, 0.6) is 5.75 Å². The van der Waals surface area contributed by atoms with Crippen molar-refractivity contribution in [1.82, 2.24) is 10.2 Å². The Bertz CT molecular complexity index is 987. The third-order valence-corrected chi connectivity index (χ3v) is 5.42. The third kappa shape index (κ3) is 4.92. The van der Waals surface area contributed by atoms with Gasteiger partial charge in [0.1, 0.15) is 5.75 Å². The van der Waals surface area contributed by atoms with Gasteiger partial charge in [0.05, 0.1) is 31.6 Å². The van der Waals surface area contributed by atoms with Crippen LogP contribution >= 0.6 is 11.8 Å². The van der Waals surface area contributed by atoms with Crippen LogP contribution in [0.4, 0.5) is 11.4 Å². The monoisotopic (exact) mass is 426 g/mol. The Morgan fingerprint density at radius 1 is 1.13 bits per heavy atom. The van der Waals surface area contributed by atoms with Gasteiger partial charge < -0.3 is 24.1 Å². The molecule has 1 aliphatic rings. The summed E-state index contributed by atoms with van der Waals surface area (Å²) in [6, 6.07) is 15.2. The van der Waals surface area contributed by atoms with E-state index in [1.807, 2.05) is 48.5 Å². The molecule has 9 heteroatoms. The van der Waals surface area contributed by atoms with E-state index in [1.165, 1.54) is 11.8 Å². The van der Waals surface area contributed by atoms with Crippen LogP contribution in [-0.4, -0.2) is 55.3 Å². The lowest BCUT2D eigenvalue weighted by molar-refractivity contribution is -0.113. The van der Waals surface area contributed by atoms with E-state index in [0.29, 0.717) is 22.4 Å². The Labute approximate surface area is 178 Å². The molecule has 1 N–H and O–H groups in total. The molecular formula is C21H22N4O4S. The minimum atomic E-state index is -0.142. The van der Waals surface area contributed by atoms with E-state index < -0.39 is 0 Å². The molecule has 156 valence electrons.